The summed E-state index contributed by atoms with van der Waals surface area (Å²) in [6.45, 7) is 5.87. The minimum atomic E-state index is -0.438. The highest BCUT2D eigenvalue weighted by atomic mass is 16.5. The highest BCUT2D eigenvalue weighted by Gasteiger charge is 2.28. The maximum absolute atomic E-state index is 10.1. The molecule has 0 saturated heterocycles. The van der Waals surface area contributed by atoms with Crippen LogP contribution in [-0.2, 0) is 0 Å². The molecule has 4 heteroatoms. The van der Waals surface area contributed by atoms with Gasteiger partial charge in [0, 0.05) is 11.6 Å². The summed E-state index contributed by atoms with van der Waals surface area (Å²) < 4.78 is 5.03. The average Bonchev–Trinajstić information content (AvgIpc) is 2.26. The van der Waals surface area contributed by atoms with Gasteiger partial charge in [0.15, 0.2) is 11.5 Å². The van der Waals surface area contributed by atoms with Crippen LogP contribution in [0.2, 0.25) is 0 Å². The van der Waals surface area contributed by atoms with Crippen molar-refractivity contribution in [1.29, 1.82) is 5.26 Å². The number of nitrogens with two attached hydrogens (primary N) is 1. The molecule has 17 heavy (non-hydrogen) atoms. The second-order valence-corrected chi connectivity index (χ2v) is 5.03. The van der Waals surface area contributed by atoms with Crippen molar-refractivity contribution in [3.05, 3.63) is 23.3 Å². The Morgan fingerprint density at radius 3 is 2.41 bits per heavy atom. The average molecular weight is 234 g/mol. The number of methoxy groups -OCH3 is 1. The lowest BCUT2D eigenvalue weighted by molar-refractivity contribution is 0.310. The molecule has 0 unspecified atom stereocenters. The van der Waals surface area contributed by atoms with Gasteiger partial charge >= 0.3 is 0 Å². The highest BCUT2D eigenvalue weighted by Crippen LogP contribution is 2.41. The van der Waals surface area contributed by atoms with Crippen LogP contribution in [0.4, 0.5) is 0 Å². The number of benzene rings is 1. The van der Waals surface area contributed by atoms with Crippen LogP contribution in [0, 0.1) is 16.7 Å². The Balaban J connectivity index is 3.45. The topological polar surface area (TPSA) is 79.3 Å². The van der Waals surface area contributed by atoms with Gasteiger partial charge in [0.25, 0.3) is 0 Å². The van der Waals surface area contributed by atoms with Gasteiger partial charge in [-0.05, 0) is 17.5 Å². The Labute approximate surface area is 102 Å². The number of hydrogen-bond acceptors (Lipinski definition) is 4. The van der Waals surface area contributed by atoms with E-state index in [1.54, 1.807) is 12.1 Å². The predicted octanol–water partition coefficient (Wildman–Crippen LogP) is 2.32. The van der Waals surface area contributed by atoms with E-state index in [4.69, 9.17) is 15.7 Å². The van der Waals surface area contributed by atoms with Crippen LogP contribution in [0.5, 0.6) is 11.5 Å². The number of hydrogen-bond donors (Lipinski definition) is 2. The van der Waals surface area contributed by atoms with Crippen LogP contribution >= 0.6 is 0 Å². The van der Waals surface area contributed by atoms with Crippen molar-refractivity contribution in [1.82, 2.24) is 0 Å². The number of ether oxygens (including phenoxy) is 1. The zero-order valence-corrected chi connectivity index (χ0v) is 10.6. The fourth-order valence-corrected chi connectivity index (χ4v) is 1.60. The van der Waals surface area contributed by atoms with E-state index >= 15 is 0 Å². The first-order chi connectivity index (χ1) is 7.82. The molecule has 0 aliphatic carbocycles. The largest absolute Gasteiger partial charge is 0.504 e. The van der Waals surface area contributed by atoms with Crippen molar-refractivity contribution < 1.29 is 9.84 Å². The van der Waals surface area contributed by atoms with Gasteiger partial charge in [0.2, 0.25) is 0 Å². The van der Waals surface area contributed by atoms with Crippen molar-refractivity contribution in [2.75, 3.05) is 7.11 Å². The molecule has 4 nitrogen and oxygen atoms in total. The van der Waals surface area contributed by atoms with Gasteiger partial charge in [-0.25, -0.2) is 0 Å². The Morgan fingerprint density at radius 1 is 1.41 bits per heavy atom. The predicted molar refractivity (Wildman–Crippen MR) is 65.8 cm³/mol. The first-order valence-electron chi connectivity index (χ1n) is 5.38. The van der Waals surface area contributed by atoms with Crippen LogP contribution in [0.15, 0.2) is 12.1 Å². The van der Waals surface area contributed by atoms with E-state index in [1.165, 1.54) is 7.11 Å². The Bertz CT molecular complexity index is 456. The van der Waals surface area contributed by atoms with Crippen LogP contribution in [0.1, 0.15) is 37.9 Å². The van der Waals surface area contributed by atoms with Crippen LogP contribution in [0.3, 0.4) is 0 Å². The van der Waals surface area contributed by atoms with E-state index in [9.17, 15) is 5.11 Å². The third kappa shape index (κ3) is 2.51. The van der Waals surface area contributed by atoms with Crippen molar-refractivity contribution >= 4 is 0 Å². The van der Waals surface area contributed by atoms with E-state index in [0.717, 1.165) is 0 Å². The van der Waals surface area contributed by atoms with Gasteiger partial charge in [-0.15, -0.1) is 0 Å². The number of rotatable bonds is 2. The summed E-state index contributed by atoms with van der Waals surface area (Å²) >= 11 is 0. The summed E-state index contributed by atoms with van der Waals surface area (Å²) in [4.78, 5) is 0. The van der Waals surface area contributed by atoms with E-state index in [2.05, 4.69) is 0 Å². The van der Waals surface area contributed by atoms with E-state index in [0.29, 0.717) is 16.9 Å². The lowest BCUT2D eigenvalue weighted by atomic mass is 9.81. The molecule has 0 saturated carbocycles. The molecular formula is C13H18N2O2. The fraction of sp³-hybridized carbons (Fsp3) is 0.462. The van der Waals surface area contributed by atoms with Crippen molar-refractivity contribution in [2.45, 2.75) is 26.8 Å². The molecule has 1 atom stereocenters. The zero-order valence-electron chi connectivity index (χ0n) is 10.6. The molecule has 1 aromatic rings. The monoisotopic (exact) mass is 234 g/mol. The molecule has 0 aliphatic rings. The summed E-state index contributed by atoms with van der Waals surface area (Å²) in [5, 5.41) is 19.1. The van der Waals surface area contributed by atoms with E-state index in [1.807, 2.05) is 26.8 Å². The summed E-state index contributed by atoms with van der Waals surface area (Å²) in [6.07, 6.45) is 0. The van der Waals surface area contributed by atoms with Gasteiger partial charge in [0.05, 0.1) is 18.7 Å². The molecule has 0 heterocycles. The molecule has 0 aliphatic heterocycles. The summed E-state index contributed by atoms with van der Waals surface area (Å²) in [6, 6.07) is 4.78. The second kappa shape index (κ2) is 4.64. The summed E-state index contributed by atoms with van der Waals surface area (Å²) in [5.41, 5.74) is 6.68. The molecule has 0 fully saturated rings. The molecule has 0 bridgehead atoms. The third-order valence-electron chi connectivity index (χ3n) is 2.76. The molecule has 3 N–H and O–H groups in total. The quantitative estimate of drug-likeness (QED) is 0.823. The van der Waals surface area contributed by atoms with Gasteiger partial charge < -0.3 is 15.6 Å². The van der Waals surface area contributed by atoms with Crippen LogP contribution in [0.25, 0.3) is 0 Å². The molecule has 0 aromatic heterocycles. The van der Waals surface area contributed by atoms with Crippen LogP contribution in [-0.4, -0.2) is 12.2 Å². The minimum Gasteiger partial charge on any atom is -0.504 e. The van der Waals surface area contributed by atoms with Gasteiger partial charge in [0.1, 0.15) is 0 Å². The number of phenols is 1. The zero-order chi connectivity index (χ0) is 13.2. The fourth-order valence-electron chi connectivity index (χ4n) is 1.60. The Morgan fingerprint density at radius 2 is 2.00 bits per heavy atom. The first kappa shape index (κ1) is 13.3. The molecular weight excluding hydrogens is 216 g/mol. The Hall–Kier alpha value is -1.73. The van der Waals surface area contributed by atoms with Crippen molar-refractivity contribution in [2.24, 2.45) is 11.1 Å². The van der Waals surface area contributed by atoms with E-state index in [-0.39, 0.29) is 11.2 Å². The van der Waals surface area contributed by atoms with Gasteiger partial charge in [-0.2, -0.15) is 5.26 Å². The van der Waals surface area contributed by atoms with Crippen molar-refractivity contribution in [3.63, 3.8) is 0 Å². The number of nitrogens with zero attached hydrogens (tertiary/aromatic N) is 1. The lowest BCUT2D eigenvalue weighted by Gasteiger charge is -2.29. The summed E-state index contributed by atoms with van der Waals surface area (Å²) in [5.74, 6) is 0.285. The Kier molecular flexibility index (Phi) is 3.64. The van der Waals surface area contributed by atoms with Gasteiger partial charge in [-0.1, -0.05) is 20.8 Å². The summed E-state index contributed by atoms with van der Waals surface area (Å²) in [7, 11) is 1.47. The minimum absolute atomic E-state index is 0.0472. The SMILES string of the molecule is COc1ccc(C#N)c([C@@H](N)C(C)(C)C)c1O. The molecule has 0 spiro atoms. The molecule has 0 amide bonds. The molecule has 0 radical (unpaired) electrons. The number of phenolic OH excluding ortho intramolecular Hbond substituents is 1. The maximum Gasteiger partial charge on any atom is 0.163 e. The molecule has 1 aromatic carbocycles. The number of aromatic hydroxyl groups is 1. The maximum atomic E-state index is 10.1. The van der Waals surface area contributed by atoms with E-state index < -0.39 is 6.04 Å². The number of nitriles is 1. The normalized spacial score (nSPS) is 12.9. The third-order valence-corrected chi connectivity index (χ3v) is 2.76. The van der Waals surface area contributed by atoms with Crippen molar-refractivity contribution in [3.8, 4) is 17.6 Å². The first-order valence-corrected chi connectivity index (χ1v) is 5.38. The van der Waals surface area contributed by atoms with Gasteiger partial charge in [-0.3, -0.25) is 0 Å². The molecule has 1 rings (SSSR count). The molecule has 92 valence electrons. The highest BCUT2D eigenvalue weighted by molar-refractivity contribution is 5.55. The lowest BCUT2D eigenvalue weighted by Crippen LogP contribution is -2.27. The smallest absolute Gasteiger partial charge is 0.163 e. The standard InChI is InChI=1S/C13H18N2O2/c1-13(2,3)12(15)10-8(7-14)5-6-9(17-4)11(10)16/h5-6,12,16H,15H2,1-4H3/t12-/m1/s1. The van der Waals surface area contributed by atoms with Crippen LogP contribution < -0.4 is 10.5 Å². The second-order valence-electron chi connectivity index (χ2n) is 5.03.